The number of aliphatic hydroxyl groups is 3. The van der Waals surface area contributed by atoms with Gasteiger partial charge in [0.2, 0.25) is 10.4 Å². The number of hydrogen-bond acceptors (Lipinski definition) is 9. The van der Waals surface area contributed by atoms with Gasteiger partial charge in [-0.3, -0.25) is 4.18 Å². The molecule has 1 rings (SSSR count). The van der Waals surface area contributed by atoms with E-state index in [1.54, 1.807) is 0 Å². The number of aliphatic hydroxyl groups excluding tert-OH is 3. The zero-order valence-electron chi connectivity index (χ0n) is 14.3. The van der Waals surface area contributed by atoms with Crippen LogP contribution < -0.4 is 29.6 Å². The van der Waals surface area contributed by atoms with Crippen molar-refractivity contribution in [1.82, 2.24) is 0 Å². The minimum Gasteiger partial charge on any atom is -0.726 e. The first-order valence-corrected chi connectivity index (χ1v) is 9.12. The van der Waals surface area contributed by atoms with E-state index in [1.807, 2.05) is 6.08 Å². The van der Waals surface area contributed by atoms with Gasteiger partial charge < -0.3 is 29.3 Å². The van der Waals surface area contributed by atoms with Crippen LogP contribution in [-0.4, -0.2) is 72.2 Å². The molecule has 1 saturated heterocycles. The van der Waals surface area contributed by atoms with Gasteiger partial charge in [-0.05, 0) is 19.3 Å². The van der Waals surface area contributed by atoms with Crippen molar-refractivity contribution in [3.05, 3.63) is 12.7 Å². The van der Waals surface area contributed by atoms with Crippen LogP contribution in [0.2, 0.25) is 0 Å². The van der Waals surface area contributed by atoms with Gasteiger partial charge in [0.15, 0.2) is 6.29 Å². The molecule has 0 aromatic heterocycles. The van der Waals surface area contributed by atoms with Crippen LogP contribution in [0, 0.1) is 0 Å². The molecule has 1 aliphatic heterocycles. The zero-order valence-corrected chi connectivity index (χ0v) is 17.1. The van der Waals surface area contributed by atoms with E-state index in [2.05, 4.69) is 10.8 Å². The number of allylic oxidation sites excluding steroid dienone is 1. The maximum atomic E-state index is 10.5. The van der Waals surface area contributed by atoms with E-state index in [0.29, 0.717) is 6.42 Å². The van der Waals surface area contributed by atoms with Crippen molar-refractivity contribution in [1.29, 1.82) is 0 Å². The van der Waals surface area contributed by atoms with E-state index >= 15 is 0 Å². The molecule has 1 fully saturated rings. The molecule has 25 heavy (non-hydrogen) atoms. The van der Waals surface area contributed by atoms with Crippen LogP contribution in [0.15, 0.2) is 12.7 Å². The number of rotatable bonds is 11. The van der Waals surface area contributed by atoms with Crippen molar-refractivity contribution in [2.45, 2.75) is 62.8 Å². The van der Waals surface area contributed by atoms with Crippen LogP contribution in [0.25, 0.3) is 0 Å². The Hall–Kier alpha value is 0.410. The summed E-state index contributed by atoms with van der Waals surface area (Å²) in [5.41, 5.74) is 0. The fraction of sp³-hybridized carbons (Fsp3) is 0.857. The van der Waals surface area contributed by atoms with E-state index in [1.165, 1.54) is 0 Å². The molecule has 0 bridgehead atoms. The summed E-state index contributed by atoms with van der Waals surface area (Å²) in [4.78, 5) is 0. The van der Waals surface area contributed by atoms with Crippen LogP contribution in [0.3, 0.4) is 0 Å². The van der Waals surface area contributed by atoms with E-state index < -0.39 is 47.7 Å². The van der Waals surface area contributed by atoms with Crippen LogP contribution in [0.1, 0.15) is 32.1 Å². The Morgan fingerprint density at radius 2 is 1.72 bits per heavy atom. The predicted molar refractivity (Wildman–Crippen MR) is 81.6 cm³/mol. The molecule has 11 heteroatoms. The molecular weight excluding hydrogens is 367 g/mol. The fourth-order valence-electron chi connectivity index (χ4n) is 2.29. The fourth-order valence-corrected chi connectivity index (χ4v) is 2.59. The first kappa shape index (κ1) is 25.4. The van der Waals surface area contributed by atoms with Gasteiger partial charge in [0.05, 0.1) is 6.61 Å². The molecule has 1 heterocycles. The molecule has 0 radical (unpaired) electrons. The molecule has 0 unspecified atom stereocenters. The minimum atomic E-state index is -4.96. The van der Waals surface area contributed by atoms with Crippen LogP contribution in [-0.2, 0) is 24.1 Å². The van der Waals surface area contributed by atoms with Gasteiger partial charge in [-0.25, -0.2) is 8.42 Å². The standard InChI is InChI=1S/C14H26O9S.Na/c1-2-3-4-5-6-7-8-21-14-13(17)12(16)11(15)10(23-14)9-22-24(18,19)20;/h2,10-17H,1,3-9H2,(H,18,19,20);/q;+1/p-1/t10-,11-,12+,13-,14+;/m1./s1. The Balaban J connectivity index is 0.00000576. The molecule has 0 aliphatic carbocycles. The summed E-state index contributed by atoms with van der Waals surface area (Å²) in [6.45, 7) is 3.11. The van der Waals surface area contributed by atoms with Crippen molar-refractivity contribution in [2.75, 3.05) is 13.2 Å². The smallest absolute Gasteiger partial charge is 0.726 e. The molecule has 0 amide bonds. The van der Waals surface area contributed by atoms with Crippen molar-refractivity contribution in [2.24, 2.45) is 0 Å². The third-order valence-corrected chi connectivity index (χ3v) is 4.05. The third-order valence-electron chi connectivity index (χ3n) is 3.63. The second-order valence-electron chi connectivity index (χ2n) is 5.57. The van der Waals surface area contributed by atoms with E-state index in [9.17, 15) is 28.3 Å². The first-order valence-electron chi connectivity index (χ1n) is 7.78. The Kier molecular flexibility index (Phi) is 12.9. The minimum absolute atomic E-state index is 0. The third kappa shape index (κ3) is 9.78. The molecule has 0 spiro atoms. The Bertz CT molecular complexity index is 473. The molecule has 1 aliphatic rings. The van der Waals surface area contributed by atoms with Gasteiger partial charge in [-0.15, -0.1) is 6.58 Å². The van der Waals surface area contributed by atoms with Gasteiger partial charge in [0.25, 0.3) is 0 Å². The SMILES string of the molecule is C=CCCCCCCO[C@H]1O[C@H](COS(=O)(=O)[O-])[C@@H](O)[C@H](O)[C@H]1O.[Na+]. The molecule has 0 saturated carbocycles. The van der Waals surface area contributed by atoms with Crippen molar-refractivity contribution in [3.8, 4) is 0 Å². The Morgan fingerprint density at radius 1 is 1.08 bits per heavy atom. The van der Waals surface area contributed by atoms with Crippen LogP contribution in [0.4, 0.5) is 0 Å². The van der Waals surface area contributed by atoms with Gasteiger partial charge >= 0.3 is 29.6 Å². The van der Waals surface area contributed by atoms with Gasteiger partial charge in [-0.2, -0.15) is 0 Å². The topological polar surface area (TPSA) is 146 Å². The second kappa shape index (κ2) is 12.7. The molecular formula is C14H25NaO9S. The summed E-state index contributed by atoms with van der Waals surface area (Å²) in [7, 11) is -4.96. The molecule has 142 valence electrons. The second-order valence-corrected chi connectivity index (χ2v) is 6.62. The van der Waals surface area contributed by atoms with E-state index in [-0.39, 0.29) is 36.2 Å². The molecule has 5 atom stereocenters. The van der Waals surface area contributed by atoms with Crippen molar-refractivity contribution < 1.29 is 71.5 Å². The monoisotopic (exact) mass is 392 g/mol. The first-order chi connectivity index (χ1) is 11.3. The molecule has 9 nitrogen and oxygen atoms in total. The van der Waals surface area contributed by atoms with Gasteiger partial charge in [0, 0.05) is 6.61 Å². The van der Waals surface area contributed by atoms with Gasteiger partial charge in [-0.1, -0.05) is 18.9 Å². The van der Waals surface area contributed by atoms with Gasteiger partial charge in [0.1, 0.15) is 24.4 Å². The largest absolute Gasteiger partial charge is 1.00 e. The number of unbranched alkanes of at least 4 members (excludes halogenated alkanes) is 4. The number of hydrogen-bond donors (Lipinski definition) is 3. The zero-order chi connectivity index (χ0) is 18.2. The average molecular weight is 392 g/mol. The van der Waals surface area contributed by atoms with Crippen molar-refractivity contribution in [3.63, 3.8) is 0 Å². The summed E-state index contributed by atoms with van der Waals surface area (Å²) < 4.78 is 45.9. The summed E-state index contributed by atoms with van der Waals surface area (Å²) in [6, 6.07) is 0. The van der Waals surface area contributed by atoms with Crippen LogP contribution >= 0.6 is 0 Å². The Labute approximate surface area is 170 Å². The van der Waals surface area contributed by atoms with Crippen LogP contribution in [0.5, 0.6) is 0 Å². The summed E-state index contributed by atoms with van der Waals surface area (Å²) in [6.07, 6.45) is -0.853. The maximum absolute atomic E-state index is 10.5. The molecule has 0 aromatic carbocycles. The summed E-state index contributed by atoms with van der Waals surface area (Å²) in [5.74, 6) is 0. The maximum Gasteiger partial charge on any atom is 1.00 e. The Morgan fingerprint density at radius 3 is 2.32 bits per heavy atom. The average Bonchev–Trinajstić information content (AvgIpc) is 2.52. The predicted octanol–water partition coefficient (Wildman–Crippen LogP) is -3.57. The summed E-state index contributed by atoms with van der Waals surface area (Å²) >= 11 is 0. The summed E-state index contributed by atoms with van der Waals surface area (Å²) in [5, 5.41) is 29.3. The van der Waals surface area contributed by atoms with E-state index in [0.717, 1.165) is 25.7 Å². The quantitative estimate of drug-likeness (QED) is 0.107. The van der Waals surface area contributed by atoms with E-state index in [4.69, 9.17) is 9.47 Å². The molecule has 0 aromatic rings. The van der Waals surface area contributed by atoms with Crippen molar-refractivity contribution >= 4 is 10.4 Å². The normalized spacial score (nSPS) is 29.8. The molecule has 3 N–H and O–H groups in total. The number of ether oxygens (including phenoxy) is 2.